The quantitative estimate of drug-likeness (QED) is 0.641. The molecule has 3 heterocycles. The molecule has 2 fully saturated rings. The van der Waals surface area contributed by atoms with Crippen LogP contribution in [0.5, 0.6) is 0 Å². The number of rotatable bonds is 5. The molecule has 2 aromatic carbocycles. The van der Waals surface area contributed by atoms with Crippen LogP contribution >= 0.6 is 11.8 Å². The molecule has 0 atom stereocenters. The Morgan fingerprint density at radius 1 is 0.906 bits per heavy atom. The van der Waals surface area contributed by atoms with Gasteiger partial charge in [0.15, 0.2) is 0 Å². The van der Waals surface area contributed by atoms with Crippen LogP contribution in [0.15, 0.2) is 48.7 Å². The van der Waals surface area contributed by atoms with Crippen molar-refractivity contribution in [2.24, 2.45) is 0 Å². The van der Waals surface area contributed by atoms with Gasteiger partial charge in [0.2, 0.25) is 0 Å². The topological polar surface area (TPSA) is 42.6 Å². The smallest absolute Gasteiger partial charge is 0.254 e. The molecule has 32 heavy (non-hydrogen) atoms. The van der Waals surface area contributed by atoms with Gasteiger partial charge in [-0.25, -0.2) is 0 Å². The third kappa shape index (κ3) is 4.72. The Hall–Kier alpha value is -2.28. The van der Waals surface area contributed by atoms with Crippen LogP contribution in [0.25, 0.3) is 10.9 Å². The summed E-state index contributed by atoms with van der Waals surface area (Å²) in [7, 11) is 0. The van der Waals surface area contributed by atoms with E-state index in [4.69, 9.17) is 0 Å². The van der Waals surface area contributed by atoms with Crippen LogP contribution in [0.2, 0.25) is 0 Å². The van der Waals surface area contributed by atoms with E-state index >= 15 is 0 Å². The summed E-state index contributed by atoms with van der Waals surface area (Å²) in [5.41, 5.74) is 5.79. The third-order valence-electron chi connectivity index (χ3n) is 6.70. The second-order valence-corrected chi connectivity index (χ2v) is 10.2. The summed E-state index contributed by atoms with van der Waals surface area (Å²) < 4.78 is 0. The molecule has 1 aromatic heterocycles. The Morgan fingerprint density at radius 2 is 1.62 bits per heavy atom. The van der Waals surface area contributed by atoms with E-state index in [1.54, 1.807) is 0 Å². The number of benzene rings is 2. The third-order valence-corrected chi connectivity index (χ3v) is 7.64. The maximum atomic E-state index is 13.5. The van der Waals surface area contributed by atoms with E-state index in [-0.39, 0.29) is 5.91 Å². The first-order chi connectivity index (χ1) is 15.7. The molecule has 2 aliphatic heterocycles. The minimum atomic E-state index is 0.167. The van der Waals surface area contributed by atoms with Gasteiger partial charge in [0, 0.05) is 86.5 Å². The van der Waals surface area contributed by atoms with Crippen LogP contribution in [0.4, 0.5) is 0 Å². The average Bonchev–Trinajstić information content (AvgIpc) is 3.24. The Balaban J connectivity index is 1.27. The molecule has 5 rings (SSSR count). The number of carbonyl (C=O) groups excluding carboxylic acids is 1. The van der Waals surface area contributed by atoms with Crippen molar-refractivity contribution in [3.8, 4) is 0 Å². The van der Waals surface area contributed by atoms with Gasteiger partial charge in [0.05, 0.1) is 0 Å². The molecular formula is C26H32N4OS. The minimum Gasteiger partial charge on any atom is -0.361 e. The highest BCUT2D eigenvalue weighted by atomic mass is 32.2. The predicted molar refractivity (Wildman–Crippen MR) is 133 cm³/mol. The zero-order valence-corrected chi connectivity index (χ0v) is 19.7. The van der Waals surface area contributed by atoms with Gasteiger partial charge in [0.25, 0.3) is 5.91 Å². The van der Waals surface area contributed by atoms with Gasteiger partial charge in [-0.3, -0.25) is 14.6 Å². The molecule has 0 radical (unpaired) electrons. The molecular weight excluding hydrogens is 416 g/mol. The normalized spacial score (nSPS) is 18.3. The number of nitrogens with one attached hydrogen (secondary N) is 1. The minimum absolute atomic E-state index is 0.167. The number of aryl methyl sites for hydroxylation is 1. The zero-order valence-electron chi connectivity index (χ0n) is 18.8. The Morgan fingerprint density at radius 3 is 2.38 bits per heavy atom. The number of hydrogen-bond acceptors (Lipinski definition) is 4. The molecule has 1 N–H and O–H groups in total. The van der Waals surface area contributed by atoms with Crippen LogP contribution in [-0.4, -0.2) is 76.4 Å². The van der Waals surface area contributed by atoms with E-state index in [1.807, 2.05) is 28.8 Å². The Labute approximate surface area is 194 Å². The van der Waals surface area contributed by atoms with E-state index in [0.29, 0.717) is 0 Å². The molecule has 0 saturated carbocycles. The number of amides is 1. The van der Waals surface area contributed by atoms with Gasteiger partial charge in [0.1, 0.15) is 0 Å². The second kappa shape index (κ2) is 9.69. The summed E-state index contributed by atoms with van der Waals surface area (Å²) >= 11 is 2.03. The van der Waals surface area contributed by atoms with E-state index in [9.17, 15) is 4.79 Å². The van der Waals surface area contributed by atoms with Crippen LogP contribution in [0, 0.1) is 6.92 Å². The lowest BCUT2D eigenvalue weighted by Crippen LogP contribution is -2.48. The van der Waals surface area contributed by atoms with Crippen LogP contribution < -0.4 is 0 Å². The number of thioether (sulfide) groups is 1. The van der Waals surface area contributed by atoms with Crippen LogP contribution in [0.1, 0.15) is 27.0 Å². The summed E-state index contributed by atoms with van der Waals surface area (Å²) in [6.07, 6.45) is 2.10. The van der Waals surface area contributed by atoms with Gasteiger partial charge in [-0.15, -0.1) is 0 Å². The van der Waals surface area contributed by atoms with Crippen molar-refractivity contribution in [1.82, 2.24) is 19.7 Å². The highest BCUT2D eigenvalue weighted by Gasteiger charge is 2.25. The van der Waals surface area contributed by atoms with Crippen molar-refractivity contribution in [2.45, 2.75) is 20.0 Å². The molecule has 3 aromatic rings. The van der Waals surface area contributed by atoms with Gasteiger partial charge in [-0.2, -0.15) is 11.8 Å². The number of carbonyl (C=O) groups is 1. The average molecular weight is 449 g/mol. The largest absolute Gasteiger partial charge is 0.361 e. The van der Waals surface area contributed by atoms with Crippen molar-refractivity contribution < 1.29 is 4.79 Å². The molecule has 0 unspecified atom stereocenters. The standard InChI is InChI=1S/C26H32N4OS/c1-20-5-7-21(8-6-20)18-28-9-11-30(12-10-28)26(31)23-3-2-4-24-25(23)22(17-27-24)19-29-13-15-32-16-14-29/h2-8,17,27H,9-16,18-19H2,1H3. The first-order valence-corrected chi connectivity index (χ1v) is 12.8. The van der Waals surface area contributed by atoms with Gasteiger partial charge < -0.3 is 9.88 Å². The summed E-state index contributed by atoms with van der Waals surface area (Å²) in [6.45, 7) is 9.63. The monoisotopic (exact) mass is 448 g/mol. The van der Waals surface area contributed by atoms with E-state index < -0.39 is 0 Å². The predicted octanol–water partition coefficient (Wildman–Crippen LogP) is 3.98. The fraction of sp³-hybridized carbons (Fsp3) is 0.423. The molecule has 6 heteroatoms. The Kier molecular flexibility index (Phi) is 6.53. The lowest BCUT2D eigenvalue weighted by atomic mass is 10.0. The number of aromatic amines is 1. The lowest BCUT2D eigenvalue weighted by molar-refractivity contribution is 0.0630. The molecule has 1 amide bonds. The van der Waals surface area contributed by atoms with E-state index in [0.717, 1.165) is 68.8 Å². The molecule has 0 bridgehead atoms. The van der Waals surface area contributed by atoms with Gasteiger partial charge in [-0.05, 0) is 30.2 Å². The van der Waals surface area contributed by atoms with Crippen LogP contribution in [0.3, 0.4) is 0 Å². The number of nitrogens with zero attached hydrogens (tertiary/aromatic N) is 3. The fourth-order valence-electron chi connectivity index (χ4n) is 4.79. The fourth-order valence-corrected chi connectivity index (χ4v) is 5.77. The summed E-state index contributed by atoms with van der Waals surface area (Å²) in [5, 5.41) is 1.11. The second-order valence-electron chi connectivity index (χ2n) is 8.98. The molecule has 2 aliphatic rings. The van der Waals surface area contributed by atoms with E-state index in [1.165, 1.54) is 28.2 Å². The molecule has 0 aliphatic carbocycles. The maximum absolute atomic E-state index is 13.5. The first kappa shape index (κ1) is 21.6. The van der Waals surface area contributed by atoms with Crippen molar-refractivity contribution in [3.05, 3.63) is 70.9 Å². The number of aromatic nitrogens is 1. The molecule has 5 nitrogen and oxygen atoms in total. The van der Waals surface area contributed by atoms with Crippen molar-refractivity contribution in [2.75, 3.05) is 50.8 Å². The lowest BCUT2D eigenvalue weighted by Gasteiger charge is -2.35. The molecule has 2 saturated heterocycles. The SMILES string of the molecule is Cc1ccc(CN2CCN(C(=O)c3cccc4[nH]cc(CN5CCSCC5)c34)CC2)cc1. The number of hydrogen-bond donors (Lipinski definition) is 1. The number of H-pyrrole nitrogens is 1. The number of piperazine rings is 1. The van der Waals surface area contributed by atoms with E-state index in [2.05, 4.69) is 58.2 Å². The van der Waals surface area contributed by atoms with Crippen molar-refractivity contribution in [3.63, 3.8) is 0 Å². The van der Waals surface area contributed by atoms with Gasteiger partial charge >= 0.3 is 0 Å². The Bertz CT molecular complexity index is 1060. The first-order valence-electron chi connectivity index (χ1n) is 11.6. The highest BCUT2D eigenvalue weighted by molar-refractivity contribution is 7.99. The van der Waals surface area contributed by atoms with Crippen LogP contribution in [-0.2, 0) is 13.1 Å². The summed E-state index contributed by atoms with van der Waals surface area (Å²) in [4.78, 5) is 23.9. The number of fused-ring (bicyclic) bond motifs is 1. The zero-order chi connectivity index (χ0) is 21.9. The summed E-state index contributed by atoms with van der Waals surface area (Å²) in [6, 6.07) is 14.9. The van der Waals surface area contributed by atoms with Crippen molar-refractivity contribution >= 4 is 28.6 Å². The molecule has 168 valence electrons. The molecule has 0 spiro atoms. The van der Waals surface area contributed by atoms with Gasteiger partial charge in [-0.1, -0.05) is 35.9 Å². The summed E-state index contributed by atoms with van der Waals surface area (Å²) in [5.74, 6) is 2.56. The maximum Gasteiger partial charge on any atom is 0.254 e. The highest BCUT2D eigenvalue weighted by Crippen LogP contribution is 2.26. The van der Waals surface area contributed by atoms with Crippen molar-refractivity contribution in [1.29, 1.82) is 0 Å².